The Kier molecular flexibility index (Phi) is 3.48. The standard InChI is InChI=1S/C12H8Cl3NO/c1-6-2-11(17)12(16-5-6)7-3-9(14)10(15)4-8(7)13/h2-5,17H,1H3. The third-order valence-corrected chi connectivity index (χ3v) is 3.30. The molecule has 2 aromatic rings. The zero-order valence-electron chi connectivity index (χ0n) is 8.84. The van der Waals surface area contributed by atoms with Gasteiger partial charge in [0, 0.05) is 11.8 Å². The van der Waals surface area contributed by atoms with Gasteiger partial charge in [-0.25, -0.2) is 0 Å². The average Bonchev–Trinajstić information content (AvgIpc) is 2.24. The second kappa shape index (κ2) is 4.73. The predicted molar refractivity (Wildman–Crippen MR) is 71.1 cm³/mol. The van der Waals surface area contributed by atoms with Crippen molar-refractivity contribution in [2.24, 2.45) is 0 Å². The zero-order valence-corrected chi connectivity index (χ0v) is 11.1. The van der Waals surface area contributed by atoms with E-state index in [1.807, 2.05) is 6.92 Å². The maximum absolute atomic E-state index is 9.83. The number of hydrogen-bond donors (Lipinski definition) is 1. The smallest absolute Gasteiger partial charge is 0.142 e. The van der Waals surface area contributed by atoms with Crippen molar-refractivity contribution in [2.45, 2.75) is 6.92 Å². The van der Waals surface area contributed by atoms with Crippen LogP contribution in [0, 0.1) is 6.92 Å². The van der Waals surface area contributed by atoms with Gasteiger partial charge in [0.2, 0.25) is 0 Å². The Morgan fingerprint density at radius 1 is 1.00 bits per heavy atom. The number of aromatic hydroxyl groups is 1. The van der Waals surface area contributed by atoms with E-state index in [0.29, 0.717) is 26.3 Å². The Morgan fingerprint density at radius 2 is 1.65 bits per heavy atom. The van der Waals surface area contributed by atoms with Crippen molar-refractivity contribution >= 4 is 34.8 Å². The minimum Gasteiger partial charge on any atom is -0.506 e. The van der Waals surface area contributed by atoms with Gasteiger partial charge in [0.25, 0.3) is 0 Å². The Hall–Kier alpha value is -0.960. The molecule has 0 aliphatic heterocycles. The fourth-order valence-corrected chi connectivity index (χ4v) is 2.10. The molecule has 0 aliphatic rings. The van der Waals surface area contributed by atoms with Crippen molar-refractivity contribution in [3.8, 4) is 17.0 Å². The molecule has 0 bridgehead atoms. The minimum absolute atomic E-state index is 0.0605. The van der Waals surface area contributed by atoms with Crippen LogP contribution in [0.2, 0.25) is 15.1 Å². The largest absolute Gasteiger partial charge is 0.506 e. The molecule has 2 nitrogen and oxygen atoms in total. The summed E-state index contributed by atoms with van der Waals surface area (Å²) in [4.78, 5) is 4.14. The van der Waals surface area contributed by atoms with E-state index in [1.165, 1.54) is 6.07 Å². The Bertz CT molecular complexity index is 584. The molecular formula is C12H8Cl3NO. The normalized spacial score (nSPS) is 10.6. The van der Waals surface area contributed by atoms with Crippen LogP contribution in [0.4, 0.5) is 0 Å². The lowest BCUT2D eigenvalue weighted by Crippen LogP contribution is -1.87. The number of nitrogens with zero attached hydrogens (tertiary/aromatic N) is 1. The highest BCUT2D eigenvalue weighted by Crippen LogP contribution is 2.37. The van der Waals surface area contributed by atoms with Gasteiger partial charge in [-0.15, -0.1) is 0 Å². The first-order chi connectivity index (χ1) is 7.99. The summed E-state index contributed by atoms with van der Waals surface area (Å²) in [5, 5.41) is 11.0. The van der Waals surface area contributed by atoms with Gasteiger partial charge in [-0.3, -0.25) is 4.98 Å². The zero-order chi connectivity index (χ0) is 12.6. The fraction of sp³-hybridized carbons (Fsp3) is 0.0833. The lowest BCUT2D eigenvalue weighted by atomic mass is 10.1. The van der Waals surface area contributed by atoms with E-state index < -0.39 is 0 Å². The molecule has 0 radical (unpaired) electrons. The van der Waals surface area contributed by atoms with Gasteiger partial charge in [0.05, 0.1) is 15.1 Å². The van der Waals surface area contributed by atoms with E-state index in [-0.39, 0.29) is 5.75 Å². The first-order valence-electron chi connectivity index (χ1n) is 4.79. The third kappa shape index (κ3) is 2.49. The number of halogens is 3. The summed E-state index contributed by atoms with van der Waals surface area (Å²) in [7, 11) is 0. The molecule has 0 aliphatic carbocycles. The number of aryl methyl sites for hydroxylation is 1. The van der Waals surface area contributed by atoms with Crippen molar-refractivity contribution in [2.75, 3.05) is 0 Å². The van der Waals surface area contributed by atoms with E-state index in [2.05, 4.69) is 4.98 Å². The van der Waals surface area contributed by atoms with E-state index in [9.17, 15) is 5.11 Å². The summed E-state index contributed by atoms with van der Waals surface area (Å²) in [5.41, 5.74) is 1.81. The lowest BCUT2D eigenvalue weighted by molar-refractivity contribution is 0.474. The van der Waals surface area contributed by atoms with Crippen LogP contribution in [0.15, 0.2) is 24.4 Å². The van der Waals surface area contributed by atoms with Crippen LogP contribution in [0.1, 0.15) is 5.56 Å². The minimum atomic E-state index is 0.0605. The van der Waals surface area contributed by atoms with Crippen molar-refractivity contribution in [1.82, 2.24) is 4.98 Å². The molecule has 0 spiro atoms. The molecule has 0 unspecified atom stereocenters. The van der Waals surface area contributed by atoms with Crippen LogP contribution < -0.4 is 0 Å². The summed E-state index contributed by atoms with van der Waals surface area (Å²) >= 11 is 17.8. The van der Waals surface area contributed by atoms with Gasteiger partial charge >= 0.3 is 0 Å². The van der Waals surface area contributed by atoms with E-state index >= 15 is 0 Å². The Morgan fingerprint density at radius 3 is 2.29 bits per heavy atom. The van der Waals surface area contributed by atoms with Gasteiger partial charge < -0.3 is 5.11 Å². The van der Waals surface area contributed by atoms with Gasteiger partial charge in [-0.1, -0.05) is 34.8 Å². The highest BCUT2D eigenvalue weighted by Gasteiger charge is 2.12. The molecule has 1 N–H and O–H groups in total. The van der Waals surface area contributed by atoms with E-state index in [4.69, 9.17) is 34.8 Å². The van der Waals surface area contributed by atoms with Crippen molar-refractivity contribution in [1.29, 1.82) is 0 Å². The number of hydrogen-bond acceptors (Lipinski definition) is 2. The lowest BCUT2D eigenvalue weighted by Gasteiger charge is -2.08. The predicted octanol–water partition coefficient (Wildman–Crippen LogP) is 4.72. The third-order valence-electron chi connectivity index (χ3n) is 2.27. The monoisotopic (exact) mass is 287 g/mol. The van der Waals surface area contributed by atoms with Gasteiger partial charge in [0.1, 0.15) is 11.4 Å². The van der Waals surface area contributed by atoms with E-state index in [1.54, 1.807) is 18.3 Å². The molecule has 1 aromatic heterocycles. The number of rotatable bonds is 1. The summed E-state index contributed by atoms with van der Waals surface area (Å²) in [6.45, 7) is 1.84. The van der Waals surface area contributed by atoms with Crippen LogP contribution in [-0.4, -0.2) is 10.1 Å². The maximum atomic E-state index is 9.83. The Balaban J connectivity index is 2.64. The molecule has 0 amide bonds. The van der Waals surface area contributed by atoms with Crippen molar-refractivity contribution in [3.63, 3.8) is 0 Å². The summed E-state index contributed by atoms with van der Waals surface area (Å²) < 4.78 is 0. The van der Waals surface area contributed by atoms with Gasteiger partial charge in [-0.05, 0) is 30.7 Å². The highest BCUT2D eigenvalue weighted by molar-refractivity contribution is 6.44. The summed E-state index contributed by atoms with van der Waals surface area (Å²) in [6.07, 6.45) is 1.65. The topological polar surface area (TPSA) is 33.1 Å². The maximum Gasteiger partial charge on any atom is 0.142 e. The first-order valence-corrected chi connectivity index (χ1v) is 5.93. The second-order valence-corrected chi connectivity index (χ2v) is 4.85. The van der Waals surface area contributed by atoms with Crippen molar-refractivity contribution in [3.05, 3.63) is 45.0 Å². The molecule has 0 saturated carbocycles. The van der Waals surface area contributed by atoms with E-state index in [0.717, 1.165) is 5.56 Å². The first kappa shape index (κ1) is 12.5. The molecule has 5 heteroatoms. The number of pyridine rings is 1. The SMILES string of the molecule is Cc1cnc(-c2cc(Cl)c(Cl)cc2Cl)c(O)c1. The summed E-state index contributed by atoms with van der Waals surface area (Å²) in [6, 6.07) is 4.73. The van der Waals surface area contributed by atoms with Crippen LogP contribution in [0.3, 0.4) is 0 Å². The average molecular weight is 289 g/mol. The molecular weight excluding hydrogens is 280 g/mol. The molecule has 88 valence electrons. The summed E-state index contributed by atoms with van der Waals surface area (Å²) in [5.74, 6) is 0.0605. The van der Waals surface area contributed by atoms with Crippen LogP contribution >= 0.6 is 34.8 Å². The van der Waals surface area contributed by atoms with Crippen LogP contribution in [-0.2, 0) is 0 Å². The highest BCUT2D eigenvalue weighted by atomic mass is 35.5. The molecule has 1 heterocycles. The number of benzene rings is 1. The second-order valence-electron chi connectivity index (χ2n) is 3.63. The molecule has 1 aromatic carbocycles. The van der Waals surface area contributed by atoms with Gasteiger partial charge in [-0.2, -0.15) is 0 Å². The molecule has 17 heavy (non-hydrogen) atoms. The fourth-order valence-electron chi connectivity index (χ4n) is 1.47. The Labute approximate surface area is 114 Å². The van der Waals surface area contributed by atoms with Crippen molar-refractivity contribution < 1.29 is 5.11 Å². The molecule has 0 fully saturated rings. The number of aromatic nitrogens is 1. The quantitative estimate of drug-likeness (QED) is 0.770. The van der Waals surface area contributed by atoms with Gasteiger partial charge in [0.15, 0.2) is 0 Å². The molecule has 2 rings (SSSR count). The van der Waals surface area contributed by atoms with Crippen LogP contribution in [0.5, 0.6) is 5.75 Å². The van der Waals surface area contributed by atoms with Crippen LogP contribution in [0.25, 0.3) is 11.3 Å². The molecule has 0 atom stereocenters. The molecule has 0 saturated heterocycles.